The molecule has 0 bridgehead atoms. The van der Waals surface area contributed by atoms with Crippen LogP contribution in [-0.4, -0.2) is 67.4 Å². The smallest absolute Gasteiger partial charge is 0.387 e. The molecule has 2 aromatic rings. The summed E-state index contributed by atoms with van der Waals surface area (Å²) in [7, 11) is -3.69. The second kappa shape index (κ2) is 6.74. The van der Waals surface area contributed by atoms with E-state index in [4.69, 9.17) is 24.0 Å². The fourth-order valence-corrected chi connectivity index (χ4v) is 4.37. The first-order chi connectivity index (χ1) is 12.8. The average molecular weight is 401 g/mol. The van der Waals surface area contributed by atoms with Gasteiger partial charge < -0.3 is 20.7 Å². The number of aromatic nitrogens is 4. The van der Waals surface area contributed by atoms with Crippen LogP contribution in [0.25, 0.3) is 11.2 Å². The Morgan fingerprint density at radius 1 is 1.41 bits per heavy atom. The van der Waals surface area contributed by atoms with Gasteiger partial charge in [0.1, 0.15) is 29.7 Å². The lowest BCUT2D eigenvalue weighted by molar-refractivity contribution is -0.0951. The van der Waals surface area contributed by atoms with E-state index in [1.165, 1.54) is 24.1 Å². The number of nitrogen functional groups attached to an aromatic ring is 1. The van der Waals surface area contributed by atoms with Gasteiger partial charge >= 0.3 is 7.82 Å². The summed E-state index contributed by atoms with van der Waals surface area (Å²) in [6.45, 7) is 1.63. The van der Waals surface area contributed by atoms with Crippen LogP contribution in [0.2, 0.25) is 0 Å². The summed E-state index contributed by atoms with van der Waals surface area (Å²) in [5.41, 5.74) is 4.76. The van der Waals surface area contributed by atoms with Gasteiger partial charge in [0.25, 0.3) is 0 Å². The lowest BCUT2D eigenvalue weighted by Crippen LogP contribution is -2.44. The van der Waals surface area contributed by atoms with Crippen LogP contribution in [0.1, 0.15) is 19.6 Å². The number of anilines is 1. The Morgan fingerprint density at radius 3 is 2.89 bits per heavy atom. The van der Waals surface area contributed by atoms with E-state index in [2.05, 4.69) is 15.0 Å². The molecule has 4 N–H and O–H groups in total. The van der Waals surface area contributed by atoms with Crippen molar-refractivity contribution in [2.75, 3.05) is 25.6 Å². The molecule has 2 aliphatic rings. The number of rotatable bonds is 4. The summed E-state index contributed by atoms with van der Waals surface area (Å²) in [6.07, 6.45) is -0.0855. The number of aliphatic hydroxyl groups is 2. The molecule has 4 atom stereocenters. The summed E-state index contributed by atoms with van der Waals surface area (Å²) in [6, 6.07) is 0. The fraction of sp³-hybridized carbons (Fsp3) is 0.643. The normalized spacial score (nSPS) is 33.5. The van der Waals surface area contributed by atoms with E-state index in [0.717, 1.165) is 0 Å². The van der Waals surface area contributed by atoms with Crippen LogP contribution in [0.4, 0.5) is 5.82 Å². The van der Waals surface area contributed by atoms with Crippen molar-refractivity contribution in [2.24, 2.45) is 0 Å². The first kappa shape index (κ1) is 18.7. The Morgan fingerprint density at radius 2 is 2.15 bits per heavy atom. The van der Waals surface area contributed by atoms with Gasteiger partial charge in [0.05, 0.1) is 26.1 Å². The highest BCUT2D eigenvalue weighted by atomic mass is 31.2. The minimum absolute atomic E-state index is 0.182. The molecule has 4 heterocycles. The maximum Gasteiger partial charge on any atom is 0.474 e. The summed E-state index contributed by atoms with van der Waals surface area (Å²) >= 11 is 0. The topological polar surface area (TPSA) is 164 Å². The third-order valence-electron chi connectivity index (χ3n) is 4.58. The molecule has 27 heavy (non-hydrogen) atoms. The number of imidazole rings is 1. The van der Waals surface area contributed by atoms with Gasteiger partial charge in [0, 0.05) is 0 Å². The Bertz CT molecular complexity index is 880. The molecule has 0 aliphatic carbocycles. The van der Waals surface area contributed by atoms with Crippen molar-refractivity contribution >= 4 is 24.8 Å². The number of hydrogen-bond acceptors (Lipinski definition) is 11. The standard InChI is InChI=1S/C14H20N5O7P/c1-14(21)10(20)8(5-25-27(22)23-3-2-4-24-27)26-13(14)19-7-18-9-11(15)16-6-17-12(9)19/h6-8,10,13,20-21H,2-5H2,1H3,(H2,15,16,17)/t8-,10-,13-,14-/m1/s1. The molecule has 12 nitrogen and oxygen atoms in total. The van der Waals surface area contributed by atoms with Crippen molar-refractivity contribution in [2.45, 2.75) is 37.4 Å². The van der Waals surface area contributed by atoms with Crippen molar-refractivity contribution in [3.05, 3.63) is 12.7 Å². The van der Waals surface area contributed by atoms with E-state index < -0.39 is 31.9 Å². The number of aliphatic hydroxyl groups excluding tert-OH is 1. The van der Waals surface area contributed by atoms with Crippen LogP contribution < -0.4 is 5.73 Å². The summed E-state index contributed by atoms with van der Waals surface area (Å²) in [4.78, 5) is 12.1. The molecule has 2 aromatic heterocycles. The highest BCUT2D eigenvalue weighted by Gasteiger charge is 2.54. The van der Waals surface area contributed by atoms with Crippen LogP contribution in [0.3, 0.4) is 0 Å². The van der Waals surface area contributed by atoms with Crippen molar-refractivity contribution < 1.29 is 33.1 Å². The third-order valence-corrected chi connectivity index (χ3v) is 6.04. The quantitative estimate of drug-likeness (QED) is 0.590. The Labute approximate surface area is 153 Å². The van der Waals surface area contributed by atoms with E-state index in [0.29, 0.717) is 17.6 Å². The Balaban J connectivity index is 1.56. The largest absolute Gasteiger partial charge is 0.474 e. The zero-order valence-electron chi connectivity index (χ0n) is 14.5. The van der Waals surface area contributed by atoms with E-state index in [1.54, 1.807) is 0 Å². The minimum atomic E-state index is -3.69. The molecular weight excluding hydrogens is 381 g/mol. The third kappa shape index (κ3) is 3.23. The number of phosphoric ester groups is 1. The van der Waals surface area contributed by atoms with E-state index >= 15 is 0 Å². The van der Waals surface area contributed by atoms with Crippen LogP contribution in [0.15, 0.2) is 12.7 Å². The molecule has 0 radical (unpaired) electrons. The van der Waals surface area contributed by atoms with Crippen LogP contribution in [0.5, 0.6) is 0 Å². The predicted octanol–water partition coefficient (Wildman–Crippen LogP) is -0.0206. The molecule has 0 saturated carbocycles. The zero-order valence-corrected chi connectivity index (χ0v) is 15.4. The molecule has 13 heteroatoms. The van der Waals surface area contributed by atoms with Crippen molar-refractivity contribution in [1.82, 2.24) is 19.5 Å². The average Bonchev–Trinajstić information content (AvgIpc) is 3.15. The highest BCUT2D eigenvalue weighted by molar-refractivity contribution is 7.48. The number of hydrogen-bond donors (Lipinski definition) is 3. The lowest BCUT2D eigenvalue weighted by atomic mass is 9.96. The first-order valence-electron chi connectivity index (χ1n) is 8.34. The molecule has 4 rings (SSSR count). The number of phosphoric acid groups is 1. The Hall–Kier alpha value is -1.66. The number of nitrogens with zero attached hydrogens (tertiary/aromatic N) is 4. The monoisotopic (exact) mass is 401 g/mol. The number of fused-ring (bicyclic) bond motifs is 1. The molecule has 0 spiro atoms. The molecular formula is C14H20N5O7P. The van der Waals surface area contributed by atoms with E-state index in [1.807, 2.05) is 0 Å². The van der Waals surface area contributed by atoms with Gasteiger partial charge in [-0.1, -0.05) is 0 Å². The van der Waals surface area contributed by atoms with Gasteiger partial charge in [-0.3, -0.25) is 18.1 Å². The second-order valence-electron chi connectivity index (χ2n) is 6.54. The first-order valence-corrected chi connectivity index (χ1v) is 9.80. The maximum absolute atomic E-state index is 12.3. The minimum Gasteiger partial charge on any atom is -0.387 e. The van der Waals surface area contributed by atoms with Gasteiger partial charge in [-0.05, 0) is 13.3 Å². The van der Waals surface area contributed by atoms with Gasteiger partial charge in [0.2, 0.25) is 0 Å². The summed E-state index contributed by atoms with van der Waals surface area (Å²) < 4.78 is 34.8. The van der Waals surface area contributed by atoms with E-state index in [-0.39, 0.29) is 25.6 Å². The van der Waals surface area contributed by atoms with Crippen LogP contribution in [-0.2, 0) is 22.9 Å². The number of ether oxygens (including phenoxy) is 1. The fourth-order valence-electron chi connectivity index (χ4n) is 3.11. The second-order valence-corrected chi connectivity index (χ2v) is 8.21. The molecule has 0 amide bonds. The van der Waals surface area contributed by atoms with Gasteiger partial charge in [0.15, 0.2) is 17.7 Å². The van der Waals surface area contributed by atoms with Crippen molar-refractivity contribution in [3.8, 4) is 0 Å². The Kier molecular flexibility index (Phi) is 4.67. The molecule has 148 valence electrons. The lowest BCUT2D eigenvalue weighted by Gasteiger charge is -2.27. The molecule has 0 unspecified atom stereocenters. The zero-order chi connectivity index (χ0) is 19.2. The van der Waals surface area contributed by atoms with Crippen LogP contribution in [0, 0.1) is 0 Å². The summed E-state index contributed by atoms with van der Waals surface area (Å²) in [5, 5.41) is 21.3. The van der Waals surface area contributed by atoms with Crippen LogP contribution >= 0.6 is 7.82 Å². The van der Waals surface area contributed by atoms with Crippen molar-refractivity contribution in [1.29, 1.82) is 0 Å². The molecule has 2 fully saturated rings. The highest BCUT2D eigenvalue weighted by Crippen LogP contribution is 2.52. The summed E-state index contributed by atoms with van der Waals surface area (Å²) in [5.74, 6) is 0.182. The van der Waals surface area contributed by atoms with Gasteiger partial charge in [-0.25, -0.2) is 19.5 Å². The van der Waals surface area contributed by atoms with E-state index in [9.17, 15) is 14.8 Å². The molecule has 0 aromatic carbocycles. The molecule has 2 aliphatic heterocycles. The van der Waals surface area contributed by atoms with Gasteiger partial charge in [-0.15, -0.1) is 0 Å². The predicted molar refractivity (Wildman–Crippen MR) is 90.4 cm³/mol. The maximum atomic E-state index is 12.3. The molecule has 2 saturated heterocycles. The number of nitrogens with two attached hydrogens (primary N) is 1. The van der Waals surface area contributed by atoms with Crippen molar-refractivity contribution in [3.63, 3.8) is 0 Å². The van der Waals surface area contributed by atoms with Gasteiger partial charge in [-0.2, -0.15) is 0 Å². The SMILES string of the molecule is C[C@@]1(O)[C@H](O)[C@@H](COP2(=O)OCCCO2)O[C@H]1n1cnc2c(N)ncnc21.